The standard InChI is InChI=1S/C14H23NS/c1-13(2)12(14(13,3)4)11(15-5)9-10-7-6-8-16-10/h6-8,11-12,15H,9H2,1-5H3. The number of nitrogens with one attached hydrogen (secondary N) is 1. The van der Waals surface area contributed by atoms with Crippen molar-refractivity contribution in [3.05, 3.63) is 22.4 Å². The number of likely N-dealkylation sites (N-methyl/N-ethyl adjacent to an activating group) is 1. The van der Waals surface area contributed by atoms with Gasteiger partial charge in [-0.3, -0.25) is 0 Å². The SMILES string of the molecule is CNC(Cc1cccs1)C1C(C)(C)C1(C)C. The maximum absolute atomic E-state index is 3.52. The van der Waals surface area contributed by atoms with Crippen LogP contribution < -0.4 is 5.32 Å². The minimum Gasteiger partial charge on any atom is -0.316 e. The Kier molecular flexibility index (Phi) is 2.92. The summed E-state index contributed by atoms with van der Waals surface area (Å²) in [6, 6.07) is 5.01. The highest BCUT2D eigenvalue weighted by molar-refractivity contribution is 7.09. The van der Waals surface area contributed by atoms with Gasteiger partial charge >= 0.3 is 0 Å². The molecule has 1 saturated carbocycles. The molecule has 1 fully saturated rings. The van der Waals surface area contributed by atoms with E-state index in [9.17, 15) is 0 Å². The molecule has 0 bridgehead atoms. The summed E-state index contributed by atoms with van der Waals surface area (Å²) < 4.78 is 0. The minimum atomic E-state index is 0.470. The maximum atomic E-state index is 3.52. The lowest BCUT2D eigenvalue weighted by Gasteiger charge is -2.17. The van der Waals surface area contributed by atoms with E-state index in [1.807, 2.05) is 11.3 Å². The van der Waals surface area contributed by atoms with Gasteiger partial charge in [-0.25, -0.2) is 0 Å². The smallest absolute Gasteiger partial charge is 0.0151 e. The summed E-state index contributed by atoms with van der Waals surface area (Å²) in [5.74, 6) is 0.784. The molecule has 1 aromatic heterocycles. The van der Waals surface area contributed by atoms with E-state index in [2.05, 4.69) is 57.6 Å². The third-order valence-electron chi connectivity index (χ3n) is 4.91. The zero-order valence-corrected chi connectivity index (χ0v) is 11.8. The third kappa shape index (κ3) is 1.72. The van der Waals surface area contributed by atoms with Crippen LogP contribution in [0.15, 0.2) is 17.5 Å². The Morgan fingerprint density at radius 2 is 1.94 bits per heavy atom. The van der Waals surface area contributed by atoms with Crippen molar-refractivity contribution < 1.29 is 0 Å². The summed E-state index contributed by atoms with van der Waals surface area (Å²) in [5, 5.41) is 5.69. The zero-order valence-electron chi connectivity index (χ0n) is 11.0. The van der Waals surface area contributed by atoms with Gasteiger partial charge in [-0.2, -0.15) is 0 Å². The van der Waals surface area contributed by atoms with Gasteiger partial charge in [0.05, 0.1) is 0 Å². The van der Waals surface area contributed by atoms with Crippen LogP contribution in [0.1, 0.15) is 32.6 Å². The molecule has 2 rings (SSSR count). The van der Waals surface area contributed by atoms with Crippen LogP contribution in [0, 0.1) is 16.7 Å². The fourth-order valence-corrected chi connectivity index (χ4v) is 4.05. The van der Waals surface area contributed by atoms with E-state index in [1.54, 1.807) is 0 Å². The molecule has 90 valence electrons. The van der Waals surface area contributed by atoms with Crippen LogP contribution in [0.5, 0.6) is 0 Å². The summed E-state index contributed by atoms with van der Waals surface area (Å²) in [7, 11) is 2.10. The fraction of sp³-hybridized carbons (Fsp3) is 0.714. The molecule has 1 nitrogen and oxygen atoms in total. The highest BCUT2D eigenvalue weighted by Crippen LogP contribution is 2.69. The second-order valence-corrected chi connectivity index (χ2v) is 7.13. The number of hydrogen-bond acceptors (Lipinski definition) is 2. The number of thiophene rings is 1. The molecule has 1 atom stereocenters. The summed E-state index contributed by atoms with van der Waals surface area (Å²) in [4.78, 5) is 1.50. The Balaban J connectivity index is 2.08. The van der Waals surface area contributed by atoms with Crippen LogP contribution in [-0.4, -0.2) is 13.1 Å². The van der Waals surface area contributed by atoms with Crippen LogP contribution in [0.3, 0.4) is 0 Å². The Hall–Kier alpha value is -0.340. The number of hydrogen-bond donors (Lipinski definition) is 1. The van der Waals surface area contributed by atoms with Gasteiger partial charge in [-0.05, 0) is 41.7 Å². The molecule has 0 aromatic carbocycles. The summed E-state index contributed by atoms with van der Waals surface area (Å²) >= 11 is 1.87. The fourth-order valence-electron chi connectivity index (χ4n) is 3.29. The van der Waals surface area contributed by atoms with Gasteiger partial charge in [0, 0.05) is 10.9 Å². The molecule has 2 heteroatoms. The van der Waals surface area contributed by atoms with Crippen LogP contribution in [0.2, 0.25) is 0 Å². The molecule has 16 heavy (non-hydrogen) atoms. The molecule has 1 N–H and O–H groups in total. The first-order valence-electron chi connectivity index (χ1n) is 6.11. The second-order valence-electron chi connectivity index (χ2n) is 6.10. The van der Waals surface area contributed by atoms with Gasteiger partial charge in [0.15, 0.2) is 0 Å². The van der Waals surface area contributed by atoms with Crippen molar-refractivity contribution in [1.29, 1.82) is 0 Å². The number of rotatable bonds is 4. The van der Waals surface area contributed by atoms with E-state index in [1.165, 1.54) is 11.3 Å². The summed E-state index contributed by atoms with van der Waals surface area (Å²) in [6.45, 7) is 9.60. The average molecular weight is 237 g/mol. The molecule has 0 saturated heterocycles. The van der Waals surface area contributed by atoms with Crippen LogP contribution in [0.4, 0.5) is 0 Å². The predicted octanol–water partition coefficient (Wildman–Crippen LogP) is 3.56. The molecule has 1 aromatic rings. The molecule has 0 aliphatic heterocycles. The van der Waals surface area contributed by atoms with Crippen molar-refractivity contribution >= 4 is 11.3 Å². The van der Waals surface area contributed by atoms with E-state index in [0.717, 1.165) is 5.92 Å². The lowest BCUT2D eigenvalue weighted by atomic mass is 10.0. The van der Waals surface area contributed by atoms with Crippen molar-refractivity contribution in [3.63, 3.8) is 0 Å². The van der Waals surface area contributed by atoms with Gasteiger partial charge in [0.1, 0.15) is 0 Å². The largest absolute Gasteiger partial charge is 0.316 e. The molecular formula is C14H23NS. The topological polar surface area (TPSA) is 12.0 Å². The van der Waals surface area contributed by atoms with Gasteiger partial charge in [0.2, 0.25) is 0 Å². The van der Waals surface area contributed by atoms with Gasteiger partial charge in [-0.15, -0.1) is 11.3 Å². The highest BCUT2D eigenvalue weighted by atomic mass is 32.1. The maximum Gasteiger partial charge on any atom is 0.0151 e. The van der Waals surface area contributed by atoms with E-state index in [0.29, 0.717) is 16.9 Å². The molecule has 1 unspecified atom stereocenters. The summed E-state index contributed by atoms with van der Waals surface area (Å²) in [5.41, 5.74) is 0.940. The van der Waals surface area contributed by atoms with Crippen LogP contribution in [0.25, 0.3) is 0 Å². The van der Waals surface area contributed by atoms with Crippen molar-refractivity contribution in [1.82, 2.24) is 5.32 Å². The first kappa shape index (κ1) is 12.1. The van der Waals surface area contributed by atoms with E-state index in [-0.39, 0.29) is 0 Å². The van der Waals surface area contributed by atoms with Crippen molar-refractivity contribution in [3.8, 4) is 0 Å². The lowest BCUT2D eigenvalue weighted by molar-refractivity contribution is 0.423. The Labute approximate surface area is 103 Å². The molecule has 1 heterocycles. The highest BCUT2D eigenvalue weighted by Gasteiger charge is 2.66. The van der Waals surface area contributed by atoms with Gasteiger partial charge in [-0.1, -0.05) is 33.8 Å². The van der Waals surface area contributed by atoms with Crippen molar-refractivity contribution in [2.45, 2.75) is 40.2 Å². The Morgan fingerprint density at radius 3 is 2.31 bits per heavy atom. The first-order valence-corrected chi connectivity index (χ1v) is 6.99. The molecule has 0 radical (unpaired) electrons. The van der Waals surface area contributed by atoms with E-state index < -0.39 is 0 Å². The van der Waals surface area contributed by atoms with E-state index >= 15 is 0 Å². The Bertz CT molecular complexity index is 337. The van der Waals surface area contributed by atoms with Gasteiger partial charge < -0.3 is 5.32 Å². The molecule has 0 amide bonds. The lowest BCUT2D eigenvalue weighted by Crippen LogP contribution is -2.32. The van der Waals surface area contributed by atoms with E-state index in [4.69, 9.17) is 0 Å². The monoisotopic (exact) mass is 237 g/mol. The molecule has 1 aliphatic rings. The molecular weight excluding hydrogens is 214 g/mol. The normalized spacial score (nSPS) is 24.3. The minimum absolute atomic E-state index is 0.470. The average Bonchev–Trinajstić information content (AvgIpc) is 2.63. The van der Waals surface area contributed by atoms with Crippen molar-refractivity contribution in [2.75, 3.05) is 7.05 Å². The third-order valence-corrected chi connectivity index (χ3v) is 5.81. The predicted molar refractivity (Wildman–Crippen MR) is 71.9 cm³/mol. The quantitative estimate of drug-likeness (QED) is 0.844. The van der Waals surface area contributed by atoms with Crippen LogP contribution in [-0.2, 0) is 6.42 Å². The summed E-state index contributed by atoms with van der Waals surface area (Å²) in [6.07, 6.45) is 1.17. The van der Waals surface area contributed by atoms with Crippen molar-refractivity contribution in [2.24, 2.45) is 16.7 Å². The van der Waals surface area contributed by atoms with Gasteiger partial charge in [0.25, 0.3) is 0 Å². The first-order chi connectivity index (χ1) is 7.41. The molecule has 1 aliphatic carbocycles. The molecule has 0 spiro atoms. The zero-order chi connectivity index (χ0) is 12.0. The Morgan fingerprint density at radius 1 is 1.31 bits per heavy atom. The van der Waals surface area contributed by atoms with Crippen LogP contribution >= 0.6 is 11.3 Å². The second kappa shape index (κ2) is 3.85.